The lowest BCUT2D eigenvalue weighted by molar-refractivity contribution is 0.309. The summed E-state index contributed by atoms with van der Waals surface area (Å²) < 4.78 is 0. The average molecular weight is 319 g/mol. The van der Waals surface area contributed by atoms with Gasteiger partial charge in [-0.05, 0) is 66.0 Å². The third-order valence-electron chi connectivity index (χ3n) is 3.91. The molecule has 0 spiro atoms. The van der Waals surface area contributed by atoms with Crippen molar-refractivity contribution in [2.24, 2.45) is 4.99 Å². The van der Waals surface area contributed by atoms with Crippen molar-refractivity contribution in [1.82, 2.24) is 14.8 Å². The zero-order valence-corrected chi connectivity index (χ0v) is 15.5. The summed E-state index contributed by atoms with van der Waals surface area (Å²) in [5, 5.41) is 0. The molecule has 1 heterocycles. The quantitative estimate of drug-likeness (QED) is 0.437. The molecule has 0 aliphatic heterocycles. The van der Waals surface area contributed by atoms with Crippen LogP contribution >= 0.6 is 0 Å². The number of unbranched alkanes of at least 4 members (excludes halogenated alkanes) is 3. The van der Waals surface area contributed by atoms with Gasteiger partial charge in [0.2, 0.25) is 0 Å². The summed E-state index contributed by atoms with van der Waals surface area (Å²) in [6, 6.07) is 6.25. The molecule has 0 saturated carbocycles. The molecule has 0 aliphatic rings. The lowest BCUT2D eigenvalue weighted by Crippen LogP contribution is -2.22. The van der Waals surface area contributed by atoms with Crippen LogP contribution in [0.4, 0.5) is 0 Å². The Kier molecular flexibility index (Phi) is 10.5. The number of hydrogen-bond donors (Lipinski definition) is 0. The highest BCUT2D eigenvalue weighted by atomic mass is 15.1. The molecule has 0 aliphatic carbocycles. The van der Waals surface area contributed by atoms with Crippen LogP contribution in [-0.2, 0) is 6.54 Å². The summed E-state index contributed by atoms with van der Waals surface area (Å²) in [6.07, 6.45) is 7.19. The van der Waals surface area contributed by atoms with E-state index in [1.165, 1.54) is 37.9 Å². The van der Waals surface area contributed by atoms with E-state index in [-0.39, 0.29) is 0 Å². The van der Waals surface area contributed by atoms with E-state index >= 15 is 0 Å². The third-order valence-corrected chi connectivity index (χ3v) is 3.91. The molecular weight excluding hydrogens is 284 g/mol. The van der Waals surface area contributed by atoms with Crippen molar-refractivity contribution < 1.29 is 0 Å². The highest BCUT2D eigenvalue weighted by Gasteiger charge is 2.02. The summed E-state index contributed by atoms with van der Waals surface area (Å²) in [7, 11) is 4.36. The van der Waals surface area contributed by atoms with Gasteiger partial charge < -0.3 is 9.80 Å². The van der Waals surface area contributed by atoms with E-state index in [4.69, 9.17) is 0 Å². The number of rotatable bonds is 12. The van der Waals surface area contributed by atoms with Crippen molar-refractivity contribution in [3.05, 3.63) is 29.6 Å². The van der Waals surface area contributed by atoms with Gasteiger partial charge in [0.1, 0.15) is 0 Å². The summed E-state index contributed by atoms with van der Waals surface area (Å²) in [5.74, 6) is 0. The number of nitrogens with zero attached hydrogens (tertiary/aromatic N) is 4. The summed E-state index contributed by atoms with van der Waals surface area (Å²) in [5.41, 5.74) is 2.27. The molecule has 4 nitrogen and oxygen atoms in total. The molecule has 0 atom stereocenters. The molecule has 1 aromatic heterocycles. The van der Waals surface area contributed by atoms with E-state index in [1.54, 1.807) is 0 Å². The molecule has 23 heavy (non-hydrogen) atoms. The smallest absolute Gasteiger partial charge is 0.0547 e. The van der Waals surface area contributed by atoms with E-state index in [1.807, 2.05) is 6.21 Å². The van der Waals surface area contributed by atoms with Crippen LogP contribution < -0.4 is 0 Å². The van der Waals surface area contributed by atoms with E-state index in [0.29, 0.717) is 0 Å². The Hall–Kier alpha value is -1.26. The largest absolute Gasteiger partial charge is 0.301 e. The van der Waals surface area contributed by atoms with Gasteiger partial charge in [0.25, 0.3) is 0 Å². The van der Waals surface area contributed by atoms with Crippen molar-refractivity contribution in [2.45, 2.75) is 46.1 Å². The average Bonchev–Trinajstić information content (AvgIpc) is 2.51. The highest BCUT2D eigenvalue weighted by Crippen LogP contribution is 2.05. The minimum atomic E-state index is 0.888. The molecule has 0 saturated heterocycles. The van der Waals surface area contributed by atoms with Crippen molar-refractivity contribution in [2.75, 3.05) is 40.3 Å². The second kappa shape index (κ2) is 12.2. The van der Waals surface area contributed by atoms with Gasteiger partial charge in [-0.15, -0.1) is 0 Å². The summed E-state index contributed by atoms with van der Waals surface area (Å²) in [6.45, 7) is 9.24. The topological polar surface area (TPSA) is 31.7 Å². The van der Waals surface area contributed by atoms with Gasteiger partial charge in [-0.2, -0.15) is 0 Å². The molecule has 1 aromatic rings. The molecule has 4 heteroatoms. The molecule has 0 N–H and O–H groups in total. The molecular formula is C19H34N4. The van der Waals surface area contributed by atoms with E-state index in [9.17, 15) is 0 Å². The summed E-state index contributed by atoms with van der Waals surface area (Å²) >= 11 is 0. The zero-order chi connectivity index (χ0) is 16.9. The maximum absolute atomic E-state index is 4.56. The third kappa shape index (κ3) is 10.2. The van der Waals surface area contributed by atoms with E-state index in [0.717, 1.165) is 31.9 Å². The Morgan fingerprint density at radius 2 is 1.74 bits per heavy atom. The van der Waals surface area contributed by atoms with Gasteiger partial charge in [0.15, 0.2) is 0 Å². The molecule has 0 radical (unpaired) electrons. The Morgan fingerprint density at radius 3 is 2.39 bits per heavy atom. The van der Waals surface area contributed by atoms with Crippen LogP contribution in [0.5, 0.6) is 0 Å². The Bertz CT molecular complexity index is 445. The predicted molar refractivity (Wildman–Crippen MR) is 100 cm³/mol. The molecule has 130 valence electrons. The van der Waals surface area contributed by atoms with Gasteiger partial charge in [-0.3, -0.25) is 9.98 Å². The monoisotopic (exact) mass is 318 g/mol. The lowest BCUT2D eigenvalue weighted by atomic mass is 10.2. The van der Waals surface area contributed by atoms with Crippen LogP contribution in [0.3, 0.4) is 0 Å². The first kappa shape index (κ1) is 19.8. The molecule has 0 fully saturated rings. The first-order chi connectivity index (χ1) is 11.1. The molecule has 0 aromatic carbocycles. The van der Waals surface area contributed by atoms with Crippen LogP contribution in [0.25, 0.3) is 0 Å². The van der Waals surface area contributed by atoms with Gasteiger partial charge in [0.05, 0.1) is 5.69 Å². The van der Waals surface area contributed by atoms with Crippen LogP contribution in [-0.4, -0.2) is 61.3 Å². The van der Waals surface area contributed by atoms with Crippen molar-refractivity contribution in [3.63, 3.8) is 0 Å². The van der Waals surface area contributed by atoms with Crippen molar-refractivity contribution >= 4 is 6.21 Å². The molecule has 0 bridgehead atoms. The van der Waals surface area contributed by atoms with Crippen molar-refractivity contribution in [1.29, 1.82) is 0 Å². The highest BCUT2D eigenvalue weighted by molar-refractivity contribution is 5.59. The van der Waals surface area contributed by atoms with Crippen molar-refractivity contribution in [3.8, 4) is 0 Å². The Morgan fingerprint density at radius 1 is 1.04 bits per heavy atom. The normalized spacial score (nSPS) is 11.9. The fraction of sp³-hybridized carbons (Fsp3) is 0.684. The van der Waals surface area contributed by atoms with Gasteiger partial charge >= 0.3 is 0 Å². The lowest BCUT2D eigenvalue weighted by Gasteiger charge is -2.17. The minimum absolute atomic E-state index is 0.888. The van der Waals surface area contributed by atoms with Gasteiger partial charge in [-0.25, -0.2) is 0 Å². The first-order valence-electron chi connectivity index (χ1n) is 8.89. The fourth-order valence-corrected chi connectivity index (χ4v) is 2.58. The Balaban J connectivity index is 2.03. The van der Waals surface area contributed by atoms with Crippen LogP contribution in [0, 0.1) is 6.92 Å². The van der Waals surface area contributed by atoms with E-state index < -0.39 is 0 Å². The standard InChI is InChI=1S/C19H34N4/c1-5-20-13-16-22(3)14-8-6-7-9-15-23(4)17-19-12-10-11-18(2)21-19/h10-13H,5-9,14-17H2,1-4H3. The number of aromatic nitrogens is 1. The number of hydrogen-bond acceptors (Lipinski definition) is 4. The fourth-order valence-electron chi connectivity index (χ4n) is 2.58. The predicted octanol–water partition coefficient (Wildman–Crippen LogP) is 3.40. The maximum atomic E-state index is 4.56. The minimum Gasteiger partial charge on any atom is -0.301 e. The SMILES string of the molecule is CCN=CCN(C)CCCCCCN(C)Cc1cccc(C)n1. The molecule has 0 amide bonds. The number of pyridine rings is 1. The zero-order valence-electron chi connectivity index (χ0n) is 15.5. The molecule has 0 unspecified atom stereocenters. The van der Waals surface area contributed by atoms with Crippen LogP contribution in [0.1, 0.15) is 44.0 Å². The first-order valence-corrected chi connectivity index (χ1v) is 8.89. The van der Waals surface area contributed by atoms with Gasteiger partial charge in [0, 0.05) is 31.5 Å². The van der Waals surface area contributed by atoms with Gasteiger partial charge in [-0.1, -0.05) is 18.9 Å². The number of aliphatic imine (C=N–C) groups is 1. The van der Waals surface area contributed by atoms with Crippen LogP contribution in [0.15, 0.2) is 23.2 Å². The molecule has 1 rings (SSSR count). The second-order valence-electron chi connectivity index (χ2n) is 6.37. The van der Waals surface area contributed by atoms with E-state index in [2.05, 4.69) is 65.9 Å². The van der Waals surface area contributed by atoms with Crippen LogP contribution in [0.2, 0.25) is 0 Å². The summed E-state index contributed by atoms with van der Waals surface area (Å²) in [4.78, 5) is 13.5. The second-order valence-corrected chi connectivity index (χ2v) is 6.37. The maximum Gasteiger partial charge on any atom is 0.0547 e. The number of aryl methyl sites for hydroxylation is 1. The Labute approximate surface area is 142 Å².